The SMILES string of the molecule is Cc1cc(CC2CCCC(C(=O)c3cc4cc(OC5CCN(C(C)C)CC5)c(CC5CCCC(C6=CCCOCC6)CC5)cc4[nH]3)=C2N)c(C2CC2)cc1Oc1ccccc1F. The van der Waals surface area contributed by atoms with Gasteiger partial charge in [0.15, 0.2) is 11.6 Å². The van der Waals surface area contributed by atoms with E-state index in [2.05, 4.69) is 54.1 Å². The number of nitrogens with two attached hydrogens (primary N) is 1. The lowest BCUT2D eigenvalue weighted by atomic mass is 9.80. The number of aryl methyl sites for hydroxylation is 1. The summed E-state index contributed by atoms with van der Waals surface area (Å²) in [5, 5.41) is 1.02. The standard InChI is InChI=1S/C54H68FN3O4/c1-34(2)58-23-20-44(21-24-58)61-52-32-42-30-49(57-48(42)31-43(52)28-36-9-6-10-37(17-16-36)38-12-8-25-60-26-22-38)54(59)45-13-7-11-40(53(45)56)29-41-27-35(3)51(33-46(41)39-18-19-39)62-50-15-5-4-14-47(50)55/h4-5,12,14-15,27,30-34,36-37,39-40,44,57H,6-11,13,16-26,28-29,56H2,1-3H3. The first-order valence-electron chi connectivity index (χ1n) is 24.1. The van der Waals surface area contributed by atoms with Crippen molar-refractivity contribution in [3.8, 4) is 17.2 Å². The van der Waals surface area contributed by atoms with E-state index in [9.17, 15) is 9.18 Å². The van der Waals surface area contributed by atoms with Crippen LogP contribution in [0.1, 0.15) is 142 Å². The minimum Gasteiger partial charge on any atom is -0.490 e. The van der Waals surface area contributed by atoms with E-state index in [1.54, 1.807) is 23.8 Å². The van der Waals surface area contributed by atoms with Gasteiger partial charge in [0.05, 0.1) is 18.9 Å². The third kappa shape index (κ3) is 9.87. The number of piperidine rings is 1. The number of hydrogen-bond donors (Lipinski definition) is 2. The Hall–Kier alpha value is -4.40. The molecule has 3 N–H and O–H groups in total. The normalized spacial score (nSPS) is 23.3. The Kier molecular flexibility index (Phi) is 13.2. The van der Waals surface area contributed by atoms with E-state index in [0.29, 0.717) is 41.7 Å². The van der Waals surface area contributed by atoms with Crippen molar-refractivity contribution in [1.29, 1.82) is 0 Å². The Labute approximate surface area is 368 Å². The van der Waals surface area contributed by atoms with Crippen LogP contribution in [0.2, 0.25) is 0 Å². The molecular weight excluding hydrogens is 774 g/mol. The van der Waals surface area contributed by atoms with Crippen molar-refractivity contribution in [1.82, 2.24) is 9.88 Å². The van der Waals surface area contributed by atoms with Crippen LogP contribution in [0.3, 0.4) is 0 Å². The molecule has 8 heteroatoms. The van der Waals surface area contributed by atoms with Gasteiger partial charge in [-0.1, -0.05) is 42.7 Å². The van der Waals surface area contributed by atoms with Crippen LogP contribution in [0.15, 0.2) is 77.5 Å². The summed E-state index contributed by atoms with van der Waals surface area (Å²) >= 11 is 0. The molecule has 7 nitrogen and oxygen atoms in total. The second-order valence-corrected chi connectivity index (χ2v) is 19.6. The van der Waals surface area contributed by atoms with E-state index in [1.165, 1.54) is 54.9 Å². The summed E-state index contributed by atoms with van der Waals surface area (Å²) in [6.07, 6.45) is 19.7. The molecule has 3 fully saturated rings. The fraction of sp³-hybridized carbons (Fsp3) is 0.537. The van der Waals surface area contributed by atoms with Gasteiger partial charge in [-0.2, -0.15) is 0 Å². The van der Waals surface area contributed by atoms with Crippen molar-refractivity contribution in [3.05, 3.63) is 111 Å². The number of aromatic nitrogens is 1. The number of Topliss-reactive ketones (excluding diaryl/α,β-unsaturated/α-hetero) is 1. The zero-order valence-electron chi connectivity index (χ0n) is 37.4. The third-order valence-corrected chi connectivity index (χ3v) is 14.9. The maximum Gasteiger partial charge on any atom is 0.206 e. The van der Waals surface area contributed by atoms with Crippen LogP contribution in [0.5, 0.6) is 17.2 Å². The first-order chi connectivity index (χ1) is 30.2. The molecule has 9 rings (SSSR count). The highest BCUT2D eigenvalue weighted by atomic mass is 19.1. The molecule has 3 atom stereocenters. The number of H-pyrrole nitrogens is 1. The zero-order valence-corrected chi connectivity index (χ0v) is 37.4. The van der Waals surface area contributed by atoms with Crippen LogP contribution < -0.4 is 15.2 Å². The molecule has 1 aromatic heterocycles. The summed E-state index contributed by atoms with van der Waals surface area (Å²) in [6.45, 7) is 10.4. The Morgan fingerprint density at radius 2 is 1.68 bits per heavy atom. The summed E-state index contributed by atoms with van der Waals surface area (Å²) in [5.41, 5.74) is 16.5. The van der Waals surface area contributed by atoms with E-state index >= 15 is 0 Å². The van der Waals surface area contributed by atoms with Gasteiger partial charge in [-0.3, -0.25) is 4.79 Å². The van der Waals surface area contributed by atoms with Gasteiger partial charge in [0.1, 0.15) is 17.6 Å². The van der Waals surface area contributed by atoms with Gasteiger partial charge >= 0.3 is 0 Å². The number of nitrogens with one attached hydrogen (secondary N) is 1. The number of ether oxygens (including phenoxy) is 3. The molecule has 3 unspecified atom stereocenters. The number of likely N-dealkylation sites (tertiary alicyclic amines) is 1. The molecule has 0 bridgehead atoms. The summed E-state index contributed by atoms with van der Waals surface area (Å²) in [6, 6.07) is 18.0. The van der Waals surface area contributed by atoms with Gasteiger partial charge in [-0.05, 0) is 187 Å². The number of halogens is 1. The summed E-state index contributed by atoms with van der Waals surface area (Å²) in [7, 11) is 0. The van der Waals surface area contributed by atoms with Crippen LogP contribution in [-0.4, -0.2) is 54.1 Å². The molecule has 3 heterocycles. The number of aromatic amines is 1. The Bertz CT molecular complexity index is 2300. The van der Waals surface area contributed by atoms with Crippen molar-refractivity contribution < 1.29 is 23.4 Å². The minimum atomic E-state index is -0.369. The maximum absolute atomic E-state index is 14.5. The second-order valence-electron chi connectivity index (χ2n) is 19.6. The molecule has 4 aromatic rings. The molecule has 1 saturated heterocycles. The zero-order chi connectivity index (χ0) is 42.7. The highest BCUT2D eigenvalue weighted by Gasteiger charge is 2.32. The number of rotatable bonds is 13. The number of para-hydroxylation sites is 1. The van der Waals surface area contributed by atoms with E-state index < -0.39 is 0 Å². The third-order valence-electron chi connectivity index (χ3n) is 14.9. The number of hydrogen-bond acceptors (Lipinski definition) is 6. The van der Waals surface area contributed by atoms with E-state index in [4.69, 9.17) is 19.9 Å². The van der Waals surface area contributed by atoms with E-state index in [1.807, 2.05) is 13.0 Å². The average molecular weight is 842 g/mol. The fourth-order valence-electron chi connectivity index (χ4n) is 11.1. The Morgan fingerprint density at radius 3 is 2.48 bits per heavy atom. The van der Waals surface area contributed by atoms with Gasteiger partial charge in [0.2, 0.25) is 5.78 Å². The molecule has 5 aliphatic rings. The Morgan fingerprint density at radius 1 is 0.855 bits per heavy atom. The topological polar surface area (TPSA) is 89.8 Å². The highest BCUT2D eigenvalue weighted by Crippen LogP contribution is 2.46. The van der Waals surface area contributed by atoms with Gasteiger partial charge in [-0.25, -0.2) is 4.39 Å². The van der Waals surface area contributed by atoms with Crippen molar-refractivity contribution in [2.24, 2.45) is 23.5 Å². The fourth-order valence-corrected chi connectivity index (χ4v) is 11.1. The number of allylic oxidation sites excluding steroid dienone is 2. The summed E-state index contributed by atoms with van der Waals surface area (Å²) in [5.74, 6) is 3.39. The summed E-state index contributed by atoms with van der Waals surface area (Å²) in [4.78, 5) is 20.6. The number of benzene rings is 3. The average Bonchev–Trinajstić information content (AvgIpc) is 4.10. The summed E-state index contributed by atoms with van der Waals surface area (Å²) < 4.78 is 33.4. The molecule has 0 radical (unpaired) electrons. The molecule has 2 saturated carbocycles. The minimum absolute atomic E-state index is 0.00809. The molecule has 3 aliphatic carbocycles. The van der Waals surface area contributed by atoms with E-state index in [-0.39, 0.29) is 29.4 Å². The van der Waals surface area contributed by atoms with Crippen molar-refractivity contribution >= 4 is 16.7 Å². The maximum atomic E-state index is 14.5. The lowest BCUT2D eigenvalue weighted by molar-refractivity contribution is 0.0835. The van der Waals surface area contributed by atoms with Gasteiger partial charge in [-0.15, -0.1) is 0 Å². The van der Waals surface area contributed by atoms with Crippen LogP contribution >= 0.6 is 0 Å². The molecule has 3 aromatic carbocycles. The number of nitrogens with zero attached hydrogens (tertiary/aromatic N) is 1. The predicted molar refractivity (Wildman–Crippen MR) is 247 cm³/mol. The number of ketones is 1. The first-order valence-corrected chi connectivity index (χ1v) is 24.1. The van der Waals surface area contributed by atoms with Gasteiger partial charge in [0.25, 0.3) is 0 Å². The van der Waals surface area contributed by atoms with Crippen LogP contribution in [0.4, 0.5) is 4.39 Å². The molecular formula is C54H68FN3O4. The van der Waals surface area contributed by atoms with E-state index in [0.717, 1.165) is 124 Å². The molecule has 330 valence electrons. The van der Waals surface area contributed by atoms with Gasteiger partial charge in [0, 0.05) is 47.2 Å². The Balaban J connectivity index is 0.950. The number of fused-ring (bicyclic) bond motifs is 1. The first kappa shape index (κ1) is 42.9. The molecule has 62 heavy (non-hydrogen) atoms. The smallest absolute Gasteiger partial charge is 0.206 e. The van der Waals surface area contributed by atoms with Crippen molar-refractivity contribution in [2.45, 2.75) is 142 Å². The van der Waals surface area contributed by atoms with Crippen molar-refractivity contribution in [3.63, 3.8) is 0 Å². The van der Waals surface area contributed by atoms with Crippen LogP contribution in [-0.2, 0) is 17.6 Å². The predicted octanol–water partition coefficient (Wildman–Crippen LogP) is 12.5. The number of carbonyl (C=O) groups excluding carboxylic acids is 1. The number of carbonyl (C=O) groups is 1. The lowest BCUT2D eigenvalue weighted by Gasteiger charge is -2.35. The molecule has 0 amide bonds. The quantitative estimate of drug-likeness (QED) is 0.0792. The van der Waals surface area contributed by atoms with Crippen LogP contribution in [0, 0.1) is 30.5 Å². The highest BCUT2D eigenvalue weighted by molar-refractivity contribution is 6.10. The van der Waals surface area contributed by atoms with Crippen molar-refractivity contribution in [2.75, 3.05) is 26.3 Å². The second kappa shape index (κ2) is 19.1. The largest absolute Gasteiger partial charge is 0.490 e. The van der Waals surface area contributed by atoms with Crippen LogP contribution in [0.25, 0.3) is 10.9 Å². The van der Waals surface area contributed by atoms with Gasteiger partial charge < -0.3 is 29.8 Å². The monoisotopic (exact) mass is 842 g/mol. The molecule has 2 aliphatic heterocycles. The lowest BCUT2D eigenvalue weighted by Crippen LogP contribution is -2.41. The molecule has 0 spiro atoms.